The van der Waals surface area contributed by atoms with Crippen LogP contribution < -0.4 is 0 Å². The quantitative estimate of drug-likeness (QED) is 0.925. The average molecular weight is 331 g/mol. The van der Waals surface area contributed by atoms with Crippen molar-refractivity contribution in [3.63, 3.8) is 0 Å². The number of nitrogens with zero attached hydrogens (tertiary/aromatic N) is 1. The van der Waals surface area contributed by atoms with Gasteiger partial charge in [-0.3, -0.25) is 4.98 Å². The minimum absolute atomic E-state index is 0.0397. The standard InChI is InChI=1S/C13H10BrClFNO/c14-8-4-5-9(17-7-8)6-12(18)10-2-1-3-11(16)13(10)15/h1-5,7,12,18H,6H2. The Balaban J connectivity index is 2.19. The predicted octanol–water partition coefficient (Wildman–Crippen LogP) is 3.91. The number of hydrogen-bond acceptors (Lipinski definition) is 2. The minimum Gasteiger partial charge on any atom is -0.388 e. The molecule has 1 aromatic heterocycles. The summed E-state index contributed by atoms with van der Waals surface area (Å²) in [4.78, 5) is 4.15. The monoisotopic (exact) mass is 329 g/mol. The number of aromatic nitrogens is 1. The lowest BCUT2D eigenvalue weighted by Gasteiger charge is -2.12. The maximum absolute atomic E-state index is 13.3. The van der Waals surface area contributed by atoms with Crippen molar-refractivity contribution in [2.24, 2.45) is 0 Å². The van der Waals surface area contributed by atoms with Crippen molar-refractivity contribution >= 4 is 27.5 Å². The molecular formula is C13H10BrClFNO. The molecule has 0 saturated heterocycles. The number of benzene rings is 1. The Morgan fingerprint density at radius 1 is 1.33 bits per heavy atom. The van der Waals surface area contributed by atoms with E-state index in [9.17, 15) is 9.50 Å². The molecule has 2 rings (SSSR count). The molecule has 0 saturated carbocycles. The van der Waals surface area contributed by atoms with Gasteiger partial charge in [0.15, 0.2) is 0 Å². The fourth-order valence-corrected chi connectivity index (χ4v) is 2.10. The van der Waals surface area contributed by atoms with E-state index in [4.69, 9.17) is 11.6 Å². The summed E-state index contributed by atoms with van der Waals surface area (Å²) in [6, 6.07) is 8.02. The number of aliphatic hydroxyl groups is 1. The maximum atomic E-state index is 13.3. The zero-order valence-corrected chi connectivity index (χ0v) is 11.6. The second-order valence-electron chi connectivity index (χ2n) is 3.83. The van der Waals surface area contributed by atoms with Crippen molar-refractivity contribution in [1.29, 1.82) is 0 Å². The summed E-state index contributed by atoms with van der Waals surface area (Å²) >= 11 is 9.10. The van der Waals surface area contributed by atoms with E-state index < -0.39 is 11.9 Å². The molecule has 1 aromatic carbocycles. The second-order valence-corrected chi connectivity index (χ2v) is 5.12. The molecule has 1 heterocycles. The smallest absolute Gasteiger partial charge is 0.142 e. The molecule has 5 heteroatoms. The topological polar surface area (TPSA) is 33.1 Å². The van der Waals surface area contributed by atoms with Crippen LogP contribution in [0.2, 0.25) is 5.02 Å². The third-order valence-electron chi connectivity index (χ3n) is 2.53. The molecule has 0 bridgehead atoms. The van der Waals surface area contributed by atoms with Gasteiger partial charge in [0.2, 0.25) is 0 Å². The van der Waals surface area contributed by atoms with Crippen molar-refractivity contribution < 1.29 is 9.50 Å². The zero-order valence-electron chi connectivity index (χ0n) is 9.28. The molecule has 2 nitrogen and oxygen atoms in total. The Morgan fingerprint density at radius 3 is 2.78 bits per heavy atom. The fourth-order valence-electron chi connectivity index (χ4n) is 1.61. The summed E-state index contributed by atoms with van der Waals surface area (Å²) in [6.07, 6.45) is 1.06. The van der Waals surface area contributed by atoms with E-state index in [0.29, 0.717) is 11.3 Å². The molecule has 0 aliphatic rings. The first-order valence-corrected chi connectivity index (χ1v) is 6.47. The number of hydrogen-bond donors (Lipinski definition) is 1. The molecule has 0 aliphatic carbocycles. The summed E-state index contributed by atoms with van der Waals surface area (Å²) in [5.41, 5.74) is 1.09. The van der Waals surface area contributed by atoms with Crippen molar-refractivity contribution in [3.8, 4) is 0 Å². The largest absolute Gasteiger partial charge is 0.388 e. The summed E-state index contributed by atoms with van der Waals surface area (Å²) in [6.45, 7) is 0. The van der Waals surface area contributed by atoms with Crippen molar-refractivity contribution in [1.82, 2.24) is 4.98 Å². The summed E-state index contributed by atoms with van der Waals surface area (Å²) in [5.74, 6) is -0.531. The van der Waals surface area contributed by atoms with Crippen LogP contribution in [-0.4, -0.2) is 10.1 Å². The molecule has 18 heavy (non-hydrogen) atoms. The van der Waals surface area contributed by atoms with Crippen LogP contribution in [0.1, 0.15) is 17.4 Å². The first-order chi connectivity index (χ1) is 8.58. The third kappa shape index (κ3) is 3.07. The van der Waals surface area contributed by atoms with E-state index in [1.165, 1.54) is 12.1 Å². The van der Waals surface area contributed by atoms with E-state index in [1.54, 1.807) is 18.3 Å². The van der Waals surface area contributed by atoms with Crippen molar-refractivity contribution in [2.45, 2.75) is 12.5 Å². The predicted molar refractivity (Wildman–Crippen MR) is 72.0 cm³/mol. The average Bonchev–Trinajstić information content (AvgIpc) is 2.35. The van der Waals surface area contributed by atoms with Crippen molar-refractivity contribution in [2.75, 3.05) is 0 Å². The van der Waals surface area contributed by atoms with Crippen LogP contribution in [0.4, 0.5) is 4.39 Å². The van der Waals surface area contributed by atoms with Gasteiger partial charge in [-0.15, -0.1) is 0 Å². The highest BCUT2D eigenvalue weighted by Crippen LogP contribution is 2.27. The summed E-state index contributed by atoms with van der Waals surface area (Å²) < 4.78 is 14.1. The van der Waals surface area contributed by atoms with Gasteiger partial charge in [-0.25, -0.2) is 4.39 Å². The number of halogens is 3. The van der Waals surface area contributed by atoms with Gasteiger partial charge >= 0.3 is 0 Å². The van der Waals surface area contributed by atoms with Gasteiger partial charge in [-0.2, -0.15) is 0 Å². The van der Waals surface area contributed by atoms with E-state index in [0.717, 1.165) is 4.47 Å². The lowest BCUT2D eigenvalue weighted by atomic mass is 10.0. The van der Waals surface area contributed by atoms with Crippen LogP contribution in [0.15, 0.2) is 41.0 Å². The molecular weight excluding hydrogens is 321 g/mol. The second kappa shape index (κ2) is 5.78. The lowest BCUT2D eigenvalue weighted by Crippen LogP contribution is -2.04. The van der Waals surface area contributed by atoms with Crippen molar-refractivity contribution in [3.05, 3.63) is 63.1 Å². The van der Waals surface area contributed by atoms with E-state index >= 15 is 0 Å². The zero-order chi connectivity index (χ0) is 13.1. The molecule has 1 N–H and O–H groups in total. The molecule has 0 fully saturated rings. The Labute approximate surface area is 118 Å². The first kappa shape index (κ1) is 13.5. The summed E-state index contributed by atoms with van der Waals surface area (Å²) in [5, 5.41) is 10.0. The number of pyridine rings is 1. The highest BCUT2D eigenvalue weighted by Gasteiger charge is 2.15. The molecule has 0 amide bonds. The Morgan fingerprint density at radius 2 is 2.11 bits per heavy atom. The molecule has 0 aliphatic heterocycles. The molecule has 94 valence electrons. The van der Waals surface area contributed by atoms with Gasteiger partial charge in [0, 0.05) is 28.3 Å². The molecule has 2 aromatic rings. The van der Waals surface area contributed by atoms with E-state index in [-0.39, 0.29) is 11.4 Å². The number of aliphatic hydroxyl groups excluding tert-OH is 1. The van der Waals surface area contributed by atoms with Gasteiger partial charge in [-0.1, -0.05) is 23.7 Å². The lowest BCUT2D eigenvalue weighted by molar-refractivity contribution is 0.177. The van der Waals surface area contributed by atoms with Crippen LogP contribution >= 0.6 is 27.5 Å². The van der Waals surface area contributed by atoms with Gasteiger partial charge in [-0.05, 0) is 34.1 Å². The number of rotatable bonds is 3. The van der Waals surface area contributed by atoms with E-state index in [2.05, 4.69) is 20.9 Å². The van der Waals surface area contributed by atoms with Gasteiger partial charge in [0.1, 0.15) is 5.82 Å². The van der Waals surface area contributed by atoms with Gasteiger partial charge in [0.25, 0.3) is 0 Å². The normalized spacial score (nSPS) is 12.4. The molecule has 1 atom stereocenters. The fraction of sp³-hybridized carbons (Fsp3) is 0.154. The van der Waals surface area contributed by atoms with Crippen LogP contribution in [-0.2, 0) is 6.42 Å². The first-order valence-electron chi connectivity index (χ1n) is 5.30. The van der Waals surface area contributed by atoms with Gasteiger partial charge < -0.3 is 5.11 Å². The Hall–Kier alpha value is -0.970. The summed E-state index contributed by atoms with van der Waals surface area (Å²) in [7, 11) is 0. The molecule has 0 radical (unpaired) electrons. The highest BCUT2D eigenvalue weighted by atomic mass is 79.9. The van der Waals surface area contributed by atoms with Crippen LogP contribution in [0.25, 0.3) is 0 Å². The minimum atomic E-state index is -0.873. The Bertz CT molecular complexity index is 547. The van der Waals surface area contributed by atoms with E-state index in [1.807, 2.05) is 6.07 Å². The van der Waals surface area contributed by atoms with Crippen LogP contribution in [0.3, 0.4) is 0 Å². The SMILES string of the molecule is OC(Cc1ccc(Br)cn1)c1cccc(F)c1Cl. The third-order valence-corrected chi connectivity index (χ3v) is 3.40. The van der Waals surface area contributed by atoms with Gasteiger partial charge in [0.05, 0.1) is 11.1 Å². The molecule has 0 spiro atoms. The van der Waals surface area contributed by atoms with Crippen LogP contribution in [0, 0.1) is 5.82 Å². The Kier molecular flexibility index (Phi) is 4.32. The maximum Gasteiger partial charge on any atom is 0.142 e. The van der Waals surface area contributed by atoms with Crippen LogP contribution in [0.5, 0.6) is 0 Å². The molecule has 1 unspecified atom stereocenters. The highest BCUT2D eigenvalue weighted by molar-refractivity contribution is 9.10.